The number of ether oxygens (including phenoxy) is 1. The molecule has 2 unspecified atom stereocenters. The molecule has 4 aliphatic rings. The number of carbonyl (C=O) groups excluding carboxylic acids is 3. The maximum atomic E-state index is 15.6. The number of halogens is 1. The second kappa shape index (κ2) is 8.12. The number of fused-ring (bicyclic) bond motifs is 5. The topological polar surface area (TPSA) is 69.7 Å². The van der Waals surface area contributed by atoms with Crippen molar-refractivity contribution in [3.63, 3.8) is 0 Å². The van der Waals surface area contributed by atoms with Crippen LogP contribution in [0, 0.1) is 28.6 Å². The summed E-state index contributed by atoms with van der Waals surface area (Å²) in [4.78, 5) is 36.4. The van der Waals surface area contributed by atoms with Gasteiger partial charge in [-0.3, -0.25) is 14.4 Å². The van der Waals surface area contributed by atoms with Crippen LogP contribution in [0.4, 0.5) is 4.39 Å². The van der Waals surface area contributed by atoms with Gasteiger partial charge in [-0.25, -0.2) is 4.39 Å². The standard InChI is InChI=1S/C26H35FO5Si/c1-15(28)31-14-22(30)19-8-7-18-17-12-21(27)20-11-16(29)9-10-25(20,2)24(17)23(13-26(18,19)3)32-33(4,5)6/h8-11,17-18,21,23-24H,7,12-14H2,1-6H3/t17-,18-,21?,23?,24+,25-,26-/m0/s1. The summed E-state index contributed by atoms with van der Waals surface area (Å²) in [6.07, 6.45) is 7.26. The number of hydrogen-bond acceptors (Lipinski definition) is 5. The van der Waals surface area contributed by atoms with Crippen molar-refractivity contribution in [2.24, 2.45) is 28.6 Å². The van der Waals surface area contributed by atoms with Gasteiger partial charge in [0.05, 0.1) is 6.10 Å². The lowest BCUT2D eigenvalue weighted by Crippen LogP contribution is -2.59. The summed E-state index contributed by atoms with van der Waals surface area (Å²) in [6, 6.07) is 0. The molecule has 0 saturated heterocycles. The van der Waals surface area contributed by atoms with Crippen molar-refractivity contribution in [1.82, 2.24) is 0 Å². The summed E-state index contributed by atoms with van der Waals surface area (Å²) in [5.74, 6) is -0.680. The first kappa shape index (κ1) is 24.3. The molecule has 0 aliphatic heterocycles. The maximum absolute atomic E-state index is 15.6. The number of esters is 1. The highest BCUT2D eigenvalue weighted by Crippen LogP contribution is 2.65. The Bertz CT molecular complexity index is 976. The molecule has 0 heterocycles. The molecule has 0 aromatic rings. The van der Waals surface area contributed by atoms with E-state index in [-0.39, 0.29) is 42.0 Å². The number of ketones is 2. The summed E-state index contributed by atoms with van der Waals surface area (Å²) in [5.41, 5.74) is 0.203. The van der Waals surface area contributed by atoms with Crippen molar-refractivity contribution in [2.75, 3.05) is 6.61 Å². The number of alkyl halides is 1. The molecule has 180 valence electrons. The molecule has 2 fully saturated rings. The predicted octanol–water partition coefficient (Wildman–Crippen LogP) is 4.74. The van der Waals surface area contributed by atoms with Crippen LogP contribution in [0.25, 0.3) is 0 Å². The molecule has 7 atom stereocenters. The van der Waals surface area contributed by atoms with Crippen LogP contribution in [0.15, 0.2) is 35.5 Å². The van der Waals surface area contributed by atoms with Crippen molar-refractivity contribution in [3.05, 3.63) is 35.5 Å². The Morgan fingerprint density at radius 1 is 1.24 bits per heavy atom. The number of rotatable bonds is 5. The Kier molecular flexibility index (Phi) is 5.97. The summed E-state index contributed by atoms with van der Waals surface area (Å²) >= 11 is 0. The van der Waals surface area contributed by atoms with Gasteiger partial charge in [0.25, 0.3) is 0 Å². The van der Waals surface area contributed by atoms with Gasteiger partial charge in [0.1, 0.15) is 6.17 Å². The van der Waals surface area contributed by atoms with Crippen LogP contribution in [-0.2, 0) is 23.5 Å². The van der Waals surface area contributed by atoms with E-state index in [0.717, 1.165) is 0 Å². The Labute approximate surface area is 196 Å². The molecule has 0 radical (unpaired) electrons. The van der Waals surface area contributed by atoms with Crippen molar-refractivity contribution in [1.29, 1.82) is 0 Å². The highest BCUT2D eigenvalue weighted by Gasteiger charge is 2.63. The van der Waals surface area contributed by atoms with E-state index in [1.54, 1.807) is 6.08 Å². The smallest absolute Gasteiger partial charge is 0.303 e. The molecular formula is C26H35FO5Si. The van der Waals surface area contributed by atoms with Gasteiger partial charge in [-0.2, -0.15) is 0 Å². The molecule has 0 aromatic carbocycles. The third kappa shape index (κ3) is 4.12. The van der Waals surface area contributed by atoms with E-state index in [4.69, 9.17) is 9.16 Å². The quantitative estimate of drug-likeness (QED) is 0.425. The number of Topliss-reactive ketones (excluding diaryl/α,β-unsaturated/α-hetero) is 1. The number of allylic oxidation sites excluding steroid dienone is 5. The Hall–Kier alpha value is -1.86. The molecule has 4 rings (SSSR count). The molecule has 33 heavy (non-hydrogen) atoms. The van der Waals surface area contributed by atoms with Crippen LogP contribution in [0.1, 0.15) is 40.0 Å². The van der Waals surface area contributed by atoms with Crippen LogP contribution >= 0.6 is 0 Å². The van der Waals surface area contributed by atoms with Gasteiger partial charge in [0.15, 0.2) is 26.5 Å². The lowest BCUT2D eigenvalue weighted by Gasteiger charge is -2.60. The molecular weight excluding hydrogens is 439 g/mol. The van der Waals surface area contributed by atoms with E-state index in [1.165, 1.54) is 13.0 Å². The van der Waals surface area contributed by atoms with Gasteiger partial charge >= 0.3 is 5.97 Å². The molecule has 4 aliphatic carbocycles. The maximum Gasteiger partial charge on any atom is 0.303 e. The number of carbonyl (C=O) groups is 3. The van der Waals surface area contributed by atoms with E-state index in [1.807, 2.05) is 19.1 Å². The first-order valence-corrected chi connectivity index (χ1v) is 15.3. The SMILES string of the molecule is CC(=O)OCC(=O)C1=CC[C@H]2[C@@H]3CC(F)C4=CC(=O)C=C[C@]4(C)[C@H]3C(O[Si](C)(C)C)C[C@]12C. The van der Waals surface area contributed by atoms with Gasteiger partial charge in [0, 0.05) is 23.3 Å². The van der Waals surface area contributed by atoms with E-state index in [9.17, 15) is 14.4 Å². The summed E-state index contributed by atoms with van der Waals surface area (Å²) in [7, 11) is -1.98. The van der Waals surface area contributed by atoms with Gasteiger partial charge in [-0.1, -0.05) is 26.0 Å². The molecule has 0 spiro atoms. The normalized spacial score (nSPS) is 39.7. The lowest BCUT2D eigenvalue weighted by molar-refractivity contribution is -0.145. The zero-order valence-electron chi connectivity index (χ0n) is 20.4. The molecule has 2 saturated carbocycles. The van der Waals surface area contributed by atoms with Crippen molar-refractivity contribution >= 4 is 25.9 Å². The minimum atomic E-state index is -1.98. The van der Waals surface area contributed by atoms with Crippen LogP contribution in [0.3, 0.4) is 0 Å². The highest BCUT2D eigenvalue weighted by atomic mass is 28.4. The third-order valence-corrected chi connectivity index (χ3v) is 9.26. The second-order valence-corrected chi connectivity index (χ2v) is 16.0. The lowest BCUT2D eigenvalue weighted by atomic mass is 9.46. The predicted molar refractivity (Wildman–Crippen MR) is 126 cm³/mol. The zero-order valence-corrected chi connectivity index (χ0v) is 21.4. The Morgan fingerprint density at radius 3 is 2.58 bits per heavy atom. The van der Waals surface area contributed by atoms with E-state index < -0.39 is 31.3 Å². The van der Waals surface area contributed by atoms with Gasteiger partial charge in [-0.15, -0.1) is 0 Å². The fraction of sp³-hybridized carbons (Fsp3) is 0.654. The van der Waals surface area contributed by atoms with Crippen LogP contribution in [0.2, 0.25) is 19.6 Å². The van der Waals surface area contributed by atoms with Gasteiger partial charge in [0.2, 0.25) is 0 Å². The zero-order chi connectivity index (χ0) is 24.3. The first-order chi connectivity index (χ1) is 15.3. The first-order valence-electron chi connectivity index (χ1n) is 11.9. The van der Waals surface area contributed by atoms with Crippen molar-refractivity contribution in [2.45, 2.75) is 72.0 Å². The van der Waals surface area contributed by atoms with E-state index >= 15 is 4.39 Å². The minimum Gasteiger partial charge on any atom is -0.457 e. The number of hydrogen-bond donors (Lipinski definition) is 0. The van der Waals surface area contributed by atoms with E-state index in [2.05, 4.69) is 26.6 Å². The van der Waals surface area contributed by atoms with Crippen LogP contribution < -0.4 is 0 Å². The molecule has 0 amide bonds. The third-order valence-electron chi connectivity index (χ3n) is 8.25. The van der Waals surface area contributed by atoms with Crippen LogP contribution in [-0.4, -0.2) is 44.7 Å². The molecule has 5 nitrogen and oxygen atoms in total. The highest BCUT2D eigenvalue weighted by molar-refractivity contribution is 6.69. The van der Waals surface area contributed by atoms with Gasteiger partial charge < -0.3 is 9.16 Å². The van der Waals surface area contributed by atoms with Crippen molar-refractivity contribution < 1.29 is 27.9 Å². The fourth-order valence-electron chi connectivity index (χ4n) is 7.11. The molecule has 7 heteroatoms. The van der Waals surface area contributed by atoms with E-state index in [0.29, 0.717) is 30.4 Å². The largest absolute Gasteiger partial charge is 0.457 e. The van der Waals surface area contributed by atoms with Crippen LogP contribution in [0.5, 0.6) is 0 Å². The minimum absolute atomic E-state index is 0.00961. The Morgan fingerprint density at radius 2 is 1.94 bits per heavy atom. The van der Waals surface area contributed by atoms with Gasteiger partial charge in [-0.05, 0) is 74.4 Å². The second-order valence-electron chi connectivity index (χ2n) is 11.6. The summed E-state index contributed by atoms with van der Waals surface area (Å²) in [5, 5.41) is 0. The average Bonchev–Trinajstić information content (AvgIpc) is 3.03. The fourth-order valence-corrected chi connectivity index (χ4v) is 8.25. The summed E-state index contributed by atoms with van der Waals surface area (Å²) in [6.45, 7) is 11.6. The molecule has 0 bridgehead atoms. The van der Waals surface area contributed by atoms with Crippen molar-refractivity contribution in [3.8, 4) is 0 Å². The summed E-state index contributed by atoms with van der Waals surface area (Å²) < 4.78 is 27.4. The average molecular weight is 475 g/mol. The Balaban J connectivity index is 1.74. The molecule has 0 N–H and O–H groups in total. The monoisotopic (exact) mass is 474 g/mol. The molecule has 0 aromatic heterocycles.